The number of imidazole rings is 4. The minimum Gasteiger partial charge on any atom is -0.478 e. The average molecular weight is 1050 g/mol. The minimum absolute atomic E-state index is 0.0985. The summed E-state index contributed by atoms with van der Waals surface area (Å²) in [5.74, 6) is 0.792. The van der Waals surface area contributed by atoms with Gasteiger partial charge >= 0.3 is 23.3 Å². The highest BCUT2D eigenvalue weighted by atomic mass is 36.0. The number of halogens is 2. The van der Waals surface area contributed by atoms with E-state index in [0.29, 0.717) is 57.9 Å². The van der Waals surface area contributed by atoms with Crippen LogP contribution in [-0.4, -0.2) is 98.7 Å². The molecule has 374 valence electrons. The van der Waals surface area contributed by atoms with Gasteiger partial charge in [0.15, 0.2) is 22.9 Å². The van der Waals surface area contributed by atoms with E-state index < -0.39 is 21.2 Å². The highest BCUT2D eigenvalue weighted by Crippen LogP contribution is 2.26. The minimum atomic E-state index is -1.67. The van der Waals surface area contributed by atoms with E-state index >= 15 is 0 Å². The van der Waals surface area contributed by atoms with E-state index in [1.807, 2.05) is 98.0 Å². The van der Waals surface area contributed by atoms with Crippen molar-refractivity contribution in [2.45, 2.75) is 26.9 Å². The van der Waals surface area contributed by atoms with E-state index in [9.17, 15) is 24.3 Å². The zero-order valence-electron chi connectivity index (χ0n) is 39.9. The number of fused-ring (bicyclic) bond motifs is 2. The summed E-state index contributed by atoms with van der Waals surface area (Å²) < 4.78 is 21.0. The van der Waals surface area contributed by atoms with Crippen molar-refractivity contribution in [2.24, 2.45) is 14.1 Å². The molecule has 0 bridgehead atoms. The molecule has 73 heavy (non-hydrogen) atoms. The number of benzene rings is 4. The third-order valence-corrected chi connectivity index (χ3v) is 11.1. The number of hydrogen-bond donors (Lipinski definition) is 4. The molecule has 10 aromatic rings. The normalized spacial score (nSPS) is 10.8. The molecule has 0 saturated heterocycles. The van der Waals surface area contributed by atoms with Crippen molar-refractivity contribution >= 4 is 64.9 Å². The molecule has 0 saturated carbocycles. The van der Waals surface area contributed by atoms with Crippen LogP contribution >= 0.6 is 21.4 Å². The number of nitrogens with zero attached hydrogens (tertiary/aromatic N) is 10. The van der Waals surface area contributed by atoms with Crippen molar-refractivity contribution in [1.82, 2.24) is 58.1 Å². The molecule has 0 atom stereocenters. The summed E-state index contributed by atoms with van der Waals surface area (Å²) in [7, 11) is 13.6. The second-order valence-electron chi connectivity index (χ2n) is 16.0. The fraction of sp³-hybridized carbons (Fsp3) is 0.160. The first-order valence-electron chi connectivity index (χ1n) is 21.9. The van der Waals surface area contributed by atoms with Gasteiger partial charge in [-0.15, -0.1) is 0 Å². The first-order chi connectivity index (χ1) is 35.1. The molecular weight excluding hydrogens is 1000 g/mol. The number of ether oxygens (including phenoxy) is 1. The van der Waals surface area contributed by atoms with Gasteiger partial charge in [0.1, 0.15) is 22.7 Å². The lowest BCUT2D eigenvalue weighted by atomic mass is 10.1. The van der Waals surface area contributed by atoms with Crippen LogP contribution in [0.4, 0.5) is 0 Å². The smallest absolute Gasteiger partial charge is 0.338 e. The Hall–Kier alpha value is -8.37. The second kappa shape index (κ2) is 23.2. The predicted molar refractivity (Wildman–Crippen MR) is 278 cm³/mol. The van der Waals surface area contributed by atoms with E-state index in [1.54, 1.807) is 53.2 Å². The van der Waals surface area contributed by atoms with E-state index in [4.69, 9.17) is 14.1 Å². The molecule has 6 aromatic heterocycles. The zero-order chi connectivity index (χ0) is 52.5. The van der Waals surface area contributed by atoms with Crippen molar-refractivity contribution < 1.29 is 28.7 Å². The van der Waals surface area contributed by atoms with Crippen LogP contribution in [0.1, 0.15) is 43.2 Å². The Kier molecular flexibility index (Phi) is 16.7. The number of aromatic amines is 2. The lowest BCUT2D eigenvalue weighted by Crippen LogP contribution is -2.17. The molecule has 0 fully saturated rings. The molecule has 10 rings (SSSR count). The monoisotopic (exact) mass is 1040 g/mol. The van der Waals surface area contributed by atoms with Gasteiger partial charge in [-0.1, -0.05) is 84.9 Å². The Labute approximate surface area is 427 Å². The molecule has 0 radical (unpaired) electrons. The number of nitrogens with one attached hydrogen (secondary N) is 2. The fourth-order valence-electron chi connectivity index (χ4n) is 7.93. The number of carbonyl (C=O) groups is 2. The maximum Gasteiger partial charge on any atom is 0.338 e. The number of esters is 1. The summed E-state index contributed by atoms with van der Waals surface area (Å²) in [6, 6.07) is 29.2. The van der Waals surface area contributed by atoms with Crippen molar-refractivity contribution in [2.75, 3.05) is 14.2 Å². The van der Waals surface area contributed by atoms with Crippen LogP contribution in [0.15, 0.2) is 131 Å². The number of carboxylic acids is 1. The summed E-state index contributed by atoms with van der Waals surface area (Å²) in [6.45, 7) is 4.54. The maximum atomic E-state index is 12.7. The molecule has 0 aliphatic heterocycles. The van der Waals surface area contributed by atoms with E-state index in [1.165, 1.54) is 23.9 Å². The van der Waals surface area contributed by atoms with Crippen LogP contribution in [0.25, 0.3) is 67.9 Å². The Morgan fingerprint density at radius 3 is 1.38 bits per heavy atom. The number of carboxylic acid groups (broad SMARTS) is 1. The molecule has 6 heterocycles. The molecule has 0 spiro atoms. The lowest BCUT2D eigenvalue weighted by molar-refractivity contribution is 0.0600. The Morgan fingerprint density at radius 2 is 1.01 bits per heavy atom. The molecule has 4 N–H and O–H groups in total. The number of methoxy groups -OCH3 is 1. The Bertz CT molecular complexity index is 3750. The number of aryl methyl sites for hydroxylation is 4. The van der Waals surface area contributed by atoms with E-state index in [2.05, 4.69) is 61.2 Å². The van der Waals surface area contributed by atoms with Gasteiger partial charge in [0.25, 0.3) is 0 Å². The third-order valence-electron chi connectivity index (χ3n) is 11.1. The average Bonchev–Trinajstić information content (AvgIpc) is 4.11. The van der Waals surface area contributed by atoms with Crippen molar-refractivity contribution in [3.8, 4) is 45.6 Å². The highest BCUT2D eigenvalue weighted by Gasteiger charge is 2.19. The van der Waals surface area contributed by atoms with Crippen molar-refractivity contribution in [1.29, 1.82) is 0 Å². The number of H-pyrrole nitrogens is 2. The molecule has 0 aliphatic rings. The molecule has 23 heteroatoms. The van der Waals surface area contributed by atoms with Gasteiger partial charge in [0.2, 0.25) is 9.23 Å². The van der Waals surface area contributed by atoms with Crippen LogP contribution in [0.2, 0.25) is 0 Å². The number of carbonyl (C=O) groups excluding carboxylic acids is 1. The number of aromatic nitrogens is 12. The quantitative estimate of drug-likeness (QED) is 0.0779. The topological polar surface area (TPSA) is 264 Å². The Balaban J connectivity index is 0.000000193. The predicted octanol–water partition coefficient (Wildman–Crippen LogP) is 7.22. The molecular formula is C50H46Cl2N12O8S. The van der Waals surface area contributed by atoms with Gasteiger partial charge in [-0.3, -0.25) is 9.13 Å². The number of aromatic carboxylic acids is 1. The first kappa shape index (κ1) is 52.5. The van der Waals surface area contributed by atoms with Gasteiger partial charge in [0, 0.05) is 77.2 Å². The standard InChI is InChI=1S/C25H22N6O3.C24H20N6O3.CH4O.Cl2OS/c1-15-13-30(2)22(27-15)17-10-8-16(9-11-17)14-31-23-20(28-25(31)33)12-26-21(29-23)18-6-4-5-7-19(18)24(32)34-3;1-14-12-29(2)21(26-14)16-9-7-15(8-10-16)13-30-22-19(27-24(30)33)11-25-20(28-22)17-5-3-4-6-18(17)23(31)32;1-2;1-4(2)3/h4-13H,14H2,1-3H3,(H,28,33);3-12H,13H2,1-2H3,(H,27,33)(H,31,32);2H,1H3;. The van der Waals surface area contributed by atoms with E-state index in [-0.39, 0.29) is 22.8 Å². The zero-order valence-corrected chi connectivity index (χ0v) is 42.3. The molecule has 20 nitrogen and oxygen atoms in total. The van der Waals surface area contributed by atoms with Crippen molar-refractivity contribution in [3.63, 3.8) is 0 Å². The SMILES string of the molecule is CO.COC(=O)c1ccccc1-c1ncc2[nH]c(=O)n(Cc3ccc(-c4nc(C)cn4C)cc3)c2n1.Cc1cn(C)c(-c2ccc(Cn3c(=O)[nH]c4cnc(-c5ccccc5C(=O)O)nc43)cc2)n1.O=S(Cl)Cl. The summed E-state index contributed by atoms with van der Waals surface area (Å²) in [5, 5.41) is 16.5. The van der Waals surface area contributed by atoms with Crippen LogP contribution < -0.4 is 11.4 Å². The maximum absolute atomic E-state index is 12.7. The Morgan fingerprint density at radius 1 is 0.630 bits per heavy atom. The van der Waals surface area contributed by atoms with Gasteiger partial charge in [-0.2, -0.15) is 0 Å². The van der Waals surface area contributed by atoms with Crippen LogP contribution in [0, 0.1) is 13.8 Å². The lowest BCUT2D eigenvalue weighted by Gasteiger charge is -2.08. The van der Waals surface area contributed by atoms with Gasteiger partial charge in [-0.25, -0.2) is 53.3 Å². The van der Waals surface area contributed by atoms with Crippen LogP contribution in [-0.2, 0) is 41.1 Å². The van der Waals surface area contributed by atoms with Crippen LogP contribution in [0.3, 0.4) is 0 Å². The largest absolute Gasteiger partial charge is 0.478 e. The number of hydrogen-bond acceptors (Lipinski definition) is 13. The second-order valence-corrected chi connectivity index (χ2v) is 18.5. The third kappa shape index (κ3) is 12.0. The highest BCUT2D eigenvalue weighted by molar-refractivity contribution is 8.26. The van der Waals surface area contributed by atoms with E-state index in [0.717, 1.165) is 52.4 Å². The van der Waals surface area contributed by atoms with Crippen molar-refractivity contribution in [3.05, 3.63) is 176 Å². The molecule has 0 unspecified atom stereocenters. The summed E-state index contributed by atoms with van der Waals surface area (Å²) in [4.78, 5) is 81.6. The summed E-state index contributed by atoms with van der Waals surface area (Å²) in [6.07, 6.45) is 7.00. The summed E-state index contributed by atoms with van der Waals surface area (Å²) >= 11 is 0. The van der Waals surface area contributed by atoms with Gasteiger partial charge in [0.05, 0.1) is 55.1 Å². The van der Waals surface area contributed by atoms with Gasteiger partial charge < -0.3 is 34.1 Å². The number of aliphatic hydroxyl groups excluding tert-OH is 1. The first-order valence-corrected chi connectivity index (χ1v) is 24.7. The van der Waals surface area contributed by atoms with Gasteiger partial charge in [-0.05, 0) is 37.1 Å². The molecule has 0 amide bonds. The number of rotatable bonds is 10. The molecule has 4 aromatic carbocycles. The summed E-state index contributed by atoms with van der Waals surface area (Å²) in [5.41, 5.74) is 8.38. The van der Waals surface area contributed by atoms with Crippen LogP contribution in [0.5, 0.6) is 0 Å². The molecule has 0 aliphatic carbocycles. The fourth-order valence-corrected chi connectivity index (χ4v) is 7.93. The number of aliphatic hydroxyl groups is 1.